The van der Waals surface area contributed by atoms with Gasteiger partial charge in [0.15, 0.2) is 0 Å². The number of hydrogen-bond acceptors (Lipinski definition) is 6. The van der Waals surface area contributed by atoms with Gasteiger partial charge in [0, 0.05) is 19.0 Å². The highest BCUT2D eigenvalue weighted by atomic mass is 32.1. The van der Waals surface area contributed by atoms with Crippen LogP contribution in [0.15, 0.2) is 16.4 Å². The highest BCUT2D eigenvalue weighted by Gasteiger charge is 2.04. The van der Waals surface area contributed by atoms with Crippen LogP contribution in [0.4, 0.5) is 0 Å². The quantitative estimate of drug-likeness (QED) is 0.722. The Hall–Kier alpha value is -1.80. The number of carbonyl (C=O) groups is 1. The van der Waals surface area contributed by atoms with E-state index in [0.29, 0.717) is 30.2 Å². The largest absolute Gasteiger partial charge is 0.481 e. The third-order valence-corrected chi connectivity index (χ3v) is 2.97. The van der Waals surface area contributed by atoms with Crippen LogP contribution in [0, 0.1) is 0 Å². The van der Waals surface area contributed by atoms with Crippen LogP contribution in [0.1, 0.15) is 18.5 Å². The molecule has 18 heavy (non-hydrogen) atoms. The van der Waals surface area contributed by atoms with Crippen LogP contribution in [0.5, 0.6) is 0 Å². The summed E-state index contributed by atoms with van der Waals surface area (Å²) in [7, 11) is 0. The predicted octanol–water partition coefficient (Wildman–Crippen LogP) is 0.105. The Morgan fingerprint density at radius 3 is 3.17 bits per heavy atom. The molecule has 0 aliphatic heterocycles. The molecule has 0 amide bonds. The smallest absolute Gasteiger partial charge is 0.303 e. The van der Waals surface area contributed by atoms with E-state index in [-0.39, 0.29) is 12.0 Å². The number of carboxylic acids is 1. The maximum absolute atomic E-state index is 11.6. The zero-order valence-corrected chi connectivity index (χ0v) is 10.3. The van der Waals surface area contributed by atoms with Gasteiger partial charge in [-0.15, -0.1) is 0 Å². The van der Waals surface area contributed by atoms with Crippen molar-refractivity contribution < 1.29 is 9.90 Å². The fourth-order valence-electron chi connectivity index (χ4n) is 1.47. The van der Waals surface area contributed by atoms with Crippen LogP contribution in [-0.2, 0) is 11.3 Å². The molecule has 2 N–H and O–H groups in total. The van der Waals surface area contributed by atoms with E-state index in [0.717, 1.165) is 0 Å². The average molecular weight is 268 g/mol. The number of fused-ring (bicyclic) bond motifs is 1. The molecule has 0 atom stereocenters. The molecular weight excluding hydrogens is 256 g/mol. The maximum atomic E-state index is 11.6. The van der Waals surface area contributed by atoms with Crippen molar-refractivity contribution in [3.8, 4) is 0 Å². The van der Waals surface area contributed by atoms with Crippen molar-refractivity contribution >= 4 is 22.3 Å². The van der Waals surface area contributed by atoms with Gasteiger partial charge in [0.05, 0.1) is 5.69 Å². The second kappa shape index (κ2) is 5.69. The highest BCUT2D eigenvalue weighted by molar-refractivity contribution is 7.14. The van der Waals surface area contributed by atoms with Gasteiger partial charge < -0.3 is 10.4 Å². The van der Waals surface area contributed by atoms with E-state index in [9.17, 15) is 9.59 Å². The first-order chi connectivity index (χ1) is 8.66. The van der Waals surface area contributed by atoms with Crippen LogP contribution in [-0.4, -0.2) is 32.2 Å². The van der Waals surface area contributed by atoms with Gasteiger partial charge in [-0.3, -0.25) is 9.59 Å². The van der Waals surface area contributed by atoms with Crippen LogP contribution >= 0.6 is 11.3 Å². The van der Waals surface area contributed by atoms with Crippen LogP contribution in [0.3, 0.4) is 0 Å². The van der Waals surface area contributed by atoms with Gasteiger partial charge >= 0.3 is 5.97 Å². The first-order valence-electron chi connectivity index (χ1n) is 5.42. The van der Waals surface area contributed by atoms with Gasteiger partial charge in [0.25, 0.3) is 5.56 Å². The SMILES string of the molecule is O=C(O)CCCNCc1cc(=O)n2ncsc2n1. The Balaban J connectivity index is 1.91. The van der Waals surface area contributed by atoms with Crippen LogP contribution in [0.2, 0.25) is 0 Å². The summed E-state index contributed by atoms with van der Waals surface area (Å²) in [5.41, 5.74) is 2.00. The van der Waals surface area contributed by atoms with E-state index in [2.05, 4.69) is 15.4 Å². The summed E-state index contributed by atoms with van der Waals surface area (Å²) in [6, 6.07) is 1.43. The van der Waals surface area contributed by atoms with Crippen molar-refractivity contribution in [1.29, 1.82) is 0 Å². The number of nitrogens with zero attached hydrogens (tertiary/aromatic N) is 3. The summed E-state index contributed by atoms with van der Waals surface area (Å²) < 4.78 is 1.25. The normalized spacial score (nSPS) is 10.9. The molecule has 0 fully saturated rings. The number of hydrogen-bond donors (Lipinski definition) is 2. The molecule has 2 heterocycles. The Morgan fingerprint density at radius 2 is 2.39 bits per heavy atom. The fourth-order valence-corrected chi connectivity index (χ4v) is 2.12. The molecule has 0 radical (unpaired) electrons. The van der Waals surface area contributed by atoms with Crippen molar-refractivity contribution in [3.05, 3.63) is 27.6 Å². The van der Waals surface area contributed by atoms with Crippen LogP contribution < -0.4 is 10.9 Å². The molecule has 0 bridgehead atoms. The van der Waals surface area contributed by atoms with Gasteiger partial charge in [-0.2, -0.15) is 9.61 Å². The average Bonchev–Trinajstić information content (AvgIpc) is 2.77. The van der Waals surface area contributed by atoms with Crippen LogP contribution in [0.25, 0.3) is 4.96 Å². The summed E-state index contributed by atoms with van der Waals surface area (Å²) in [4.78, 5) is 26.7. The van der Waals surface area contributed by atoms with E-state index in [4.69, 9.17) is 5.11 Å². The Labute approximate surface area is 106 Å². The standard InChI is InChI=1S/C10H12N4O3S/c15-8-4-7(5-11-3-1-2-9(16)17)13-10-14(8)12-6-18-10/h4,6,11H,1-3,5H2,(H,16,17). The first kappa shape index (κ1) is 12.7. The van der Waals surface area contributed by atoms with Crippen molar-refractivity contribution in [3.63, 3.8) is 0 Å². The minimum absolute atomic E-state index is 0.136. The summed E-state index contributed by atoms with van der Waals surface area (Å²) in [6.45, 7) is 1.03. The molecule has 0 aromatic carbocycles. The minimum atomic E-state index is -0.806. The van der Waals surface area contributed by atoms with E-state index in [1.165, 1.54) is 21.9 Å². The molecule has 0 unspecified atom stereocenters. The summed E-state index contributed by atoms with van der Waals surface area (Å²) in [5, 5.41) is 15.4. The van der Waals surface area contributed by atoms with Gasteiger partial charge in [-0.25, -0.2) is 4.98 Å². The zero-order chi connectivity index (χ0) is 13.0. The van der Waals surface area contributed by atoms with Gasteiger partial charge in [0.1, 0.15) is 5.51 Å². The number of rotatable bonds is 6. The Kier molecular flexibility index (Phi) is 4.00. The number of carboxylic acid groups (broad SMARTS) is 1. The van der Waals surface area contributed by atoms with E-state index in [1.54, 1.807) is 5.51 Å². The lowest BCUT2D eigenvalue weighted by Gasteiger charge is -2.02. The highest BCUT2D eigenvalue weighted by Crippen LogP contribution is 2.03. The van der Waals surface area contributed by atoms with Crippen molar-refractivity contribution in [2.75, 3.05) is 6.54 Å². The second-order valence-electron chi connectivity index (χ2n) is 3.69. The number of aliphatic carboxylic acids is 1. The molecule has 2 rings (SSSR count). The number of nitrogens with one attached hydrogen (secondary N) is 1. The minimum Gasteiger partial charge on any atom is -0.481 e. The van der Waals surface area contributed by atoms with Gasteiger partial charge in [-0.05, 0) is 13.0 Å². The van der Waals surface area contributed by atoms with E-state index in [1.807, 2.05) is 0 Å². The lowest BCUT2D eigenvalue weighted by Crippen LogP contribution is -2.20. The molecule has 8 heteroatoms. The fraction of sp³-hybridized carbons (Fsp3) is 0.400. The molecular formula is C10H12N4O3S. The molecule has 0 spiro atoms. The summed E-state index contributed by atoms with van der Waals surface area (Å²) >= 11 is 1.30. The maximum Gasteiger partial charge on any atom is 0.303 e. The monoisotopic (exact) mass is 268 g/mol. The summed E-state index contributed by atoms with van der Waals surface area (Å²) in [6.07, 6.45) is 0.689. The second-order valence-corrected chi connectivity index (χ2v) is 4.50. The Morgan fingerprint density at radius 1 is 1.56 bits per heavy atom. The number of aromatic nitrogens is 3. The summed E-state index contributed by atoms with van der Waals surface area (Å²) in [5.74, 6) is -0.806. The molecule has 0 aliphatic carbocycles. The Bertz CT molecular complexity index is 606. The third kappa shape index (κ3) is 3.11. The third-order valence-electron chi connectivity index (χ3n) is 2.29. The van der Waals surface area contributed by atoms with Crippen molar-refractivity contribution in [2.24, 2.45) is 0 Å². The molecule has 0 aliphatic rings. The molecule has 96 valence electrons. The topological polar surface area (TPSA) is 96.6 Å². The molecule has 2 aromatic rings. The first-order valence-corrected chi connectivity index (χ1v) is 6.30. The zero-order valence-electron chi connectivity index (χ0n) is 9.50. The van der Waals surface area contributed by atoms with Gasteiger partial charge in [0.2, 0.25) is 4.96 Å². The van der Waals surface area contributed by atoms with Crippen molar-refractivity contribution in [2.45, 2.75) is 19.4 Å². The molecule has 0 saturated carbocycles. The lowest BCUT2D eigenvalue weighted by atomic mass is 10.3. The van der Waals surface area contributed by atoms with Crippen molar-refractivity contribution in [1.82, 2.24) is 19.9 Å². The molecule has 0 saturated heterocycles. The predicted molar refractivity (Wildman–Crippen MR) is 65.7 cm³/mol. The molecule has 2 aromatic heterocycles. The molecule has 7 nitrogen and oxygen atoms in total. The lowest BCUT2D eigenvalue weighted by molar-refractivity contribution is -0.137. The van der Waals surface area contributed by atoms with Gasteiger partial charge in [-0.1, -0.05) is 11.3 Å². The van der Waals surface area contributed by atoms with E-state index < -0.39 is 5.97 Å². The van der Waals surface area contributed by atoms with E-state index >= 15 is 0 Å².